The molecule has 17 heavy (non-hydrogen) atoms. The van der Waals surface area contributed by atoms with E-state index in [1.165, 1.54) is 11.1 Å². The number of rotatable bonds is 4. The van der Waals surface area contributed by atoms with Crippen LogP contribution in [0, 0.1) is 5.92 Å². The number of hydrogen-bond donors (Lipinski definition) is 2. The Morgan fingerprint density at radius 2 is 2.12 bits per heavy atom. The van der Waals surface area contributed by atoms with Crippen molar-refractivity contribution in [1.29, 1.82) is 0 Å². The minimum Gasteiger partial charge on any atom is -0.386 e. The molecule has 2 nitrogen and oxygen atoms in total. The standard InChI is InChI=1S/C15H24O2/c1-10(2)15(17)14(16)9-12(4)13-7-5-11(3)6-8-13/h5,9,13-17H,1,6-8H2,2-4H3/b12-9+/t13-,14-,15-/m0/s1. The predicted octanol–water partition coefficient (Wildman–Crippen LogP) is 2.98. The fraction of sp³-hybridized carbons (Fsp3) is 0.600. The number of hydrogen-bond acceptors (Lipinski definition) is 2. The largest absolute Gasteiger partial charge is 0.386 e. The summed E-state index contributed by atoms with van der Waals surface area (Å²) in [5, 5.41) is 19.5. The van der Waals surface area contributed by atoms with Crippen molar-refractivity contribution in [2.45, 2.75) is 52.2 Å². The third-order valence-electron chi connectivity index (χ3n) is 3.54. The van der Waals surface area contributed by atoms with Gasteiger partial charge in [-0.2, -0.15) is 0 Å². The first kappa shape index (κ1) is 14.2. The van der Waals surface area contributed by atoms with Crippen LogP contribution >= 0.6 is 0 Å². The van der Waals surface area contributed by atoms with Gasteiger partial charge in [-0.15, -0.1) is 0 Å². The fourth-order valence-corrected chi connectivity index (χ4v) is 2.17. The molecule has 0 saturated heterocycles. The van der Waals surface area contributed by atoms with Gasteiger partial charge in [0, 0.05) is 0 Å². The van der Waals surface area contributed by atoms with Gasteiger partial charge < -0.3 is 10.2 Å². The van der Waals surface area contributed by atoms with Crippen LogP contribution in [0.25, 0.3) is 0 Å². The molecule has 0 unspecified atom stereocenters. The maximum absolute atomic E-state index is 9.84. The van der Waals surface area contributed by atoms with Crippen molar-refractivity contribution >= 4 is 0 Å². The molecule has 0 aromatic carbocycles. The van der Waals surface area contributed by atoms with Gasteiger partial charge in [0.05, 0.1) is 0 Å². The minimum atomic E-state index is -0.856. The van der Waals surface area contributed by atoms with Gasteiger partial charge in [0.25, 0.3) is 0 Å². The van der Waals surface area contributed by atoms with E-state index in [4.69, 9.17) is 0 Å². The Kier molecular flexibility index (Phi) is 5.16. The first-order valence-corrected chi connectivity index (χ1v) is 6.27. The van der Waals surface area contributed by atoms with Gasteiger partial charge in [-0.25, -0.2) is 0 Å². The van der Waals surface area contributed by atoms with Crippen molar-refractivity contribution in [3.63, 3.8) is 0 Å². The highest BCUT2D eigenvalue weighted by atomic mass is 16.3. The Hall–Kier alpha value is -0.860. The lowest BCUT2D eigenvalue weighted by atomic mass is 9.84. The summed E-state index contributed by atoms with van der Waals surface area (Å²) in [4.78, 5) is 0. The average molecular weight is 236 g/mol. The summed E-state index contributed by atoms with van der Waals surface area (Å²) in [7, 11) is 0. The molecule has 0 aromatic rings. The van der Waals surface area contributed by atoms with Crippen molar-refractivity contribution < 1.29 is 10.2 Å². The second kappa shape index (κ2) is 6.18. The second-order valence-electron chi connectivity index (χ2n) is 5.21. The Labute approximate surface area is 104 Å². The molecule has 0 fully saturated rings. The van der Waals surface area contributed by atoms with Crippen molar-refractivity contribution in [2.24, 2.45) is 5.92 Å². The van der Waals surface area contributed by atoms with Gasteiger partial charge in [0.2, 0.25) is 0 Å². The van der Waals surface area contributed by atoms with Crippen LogP contribution in [-0.4, -0.2) is 22.4 Å². The molecule has 0 bridgehead atoms. The van der Waals surface area contributed by atoms with Crippen molar-refractivity contribution in [3.8, 4) is 0 Å². The Balaban J connectivity index is 2.63. The molecule has 0 amide bonds. The molecule has 0 spiro atoms. The minimum absolute atomic E-state index is 0.505. The first-order valence-electron chi connectivity index (χ1n) is 6.27. The van der Waals surface area contributed by atoms with Crippen LogP contribution < -0.4 is 0 Å². The van der Waals surface area contributed by atoms with Crippen molar-refractivity contribution in [3.05, 3.63) is 35.5 Å². The van der Waals surface area contributed by atoms with Crippen molar-refractivity contribution in [2.75, 3.05) is 0 Å². The van der Waals surface area contributed by atoms with Gasteiger partial charge in [0.15, 0.2) is 0 Å². The van der Waals surface area contributed by atoms with Gasteiger partial charge in [-0.3, -0.25) is 0 Å². The van der Waals surface area contributed by atoms with Crippen LogP contribution in [-0.2, 0) is 0 Å². The smallest absolute Gasteiger partial charge is 0.104 e. The Morgan fingerprint density at radius 3 is 2.59 bits per heavy atom. The molecule has 0 heterocycles. The molecule has 1 aliphatic carbocycles. The summed E-state index contributed by atoms with van der Waals surface area (Å²) < 4.78 is 0. The average Bonchev–Trinajstić information content (AvgIpc) is 2.28. The summed E-state index contributed by atoms with van der Waals surface area (Å²) in [5.41, 5.74) is 3.22. The number of aliphatic hydroxyl groups is 2. The Bertz CT molecular complexity index is 339. The summed E-state index contributed by atoms with van der Waals surface area (Å²) >= 11 is 0. The molecule has 3 atom stereocenters. The van der Waals surface area contributed by atoms with Crippen LogP contribution in [0.4, 0.5) is 0 Å². The summed E-state index contributed by atoms with van der Waals surface area (Å²) in [5.74, 6) is 0.505. The van der Waals surface area contributed by atoms with Gasteiger partial charge in [0.1, 0.15) is 12.2 Å². The molecular weight excluding hydrogens is 212 g/mol. The topological polar surface area (TPSA) is 40.5 Å². The third kappa shape index (κ3) is 4.14. The zero-order valence-corrected chi connectivity index (χ0v) is 11.1. The van der Waals surface area contributed by atoms with Crippen LogP contribution in [0.15, 0.2) is 35.5 Å². The van der Waals surface area contributed by atoms with Crippen LogP contribution in [0.5, 0.6) is 0 Å². The van der Waals surface area contributed by atoms with E-state index in [9.17, 15) is 10.2 Å². The third-order valence-corrected chi connectivity index (χ3v) is 3.54. The van der Waals surface area contributed by atoms with Crippen LogP contribution in [0.3, 0.4) is 0 Å². The molecule has 2 heteroatoms. The quantitative estimate of drug-likeness (QED) is 0.737. The molecule has 0 aliphatic heterocycles. The van der Waals surface area contributed by atoms with Crippen LogP contribution in [0.1, 0.15) is 40.0 Å². The number of aliphatic hydroxyl groups excluding tert-OH is 2. The fourth-order valence-electron chi connectivity index (χ4n) is 2.17. The monoisotopic (exact) mass is 236 g/mol. The molecule has 0 saturated carbocycles. The molecular formula is C15H24O2. The highest BCUT2D eigenvalue weighted by Crippen LogP contribution is 2.29. The SMILES string of the molecule is C=C(C)[C@H](O)[C@@H](O)/C=C(\C)[C@H]1CC=C(C)CC1. The molecule has 0 aromatic heterocycles. The predicted molar refractivity (Wildman–Crippen MR) is 71.7 cm³/mol. The van der Waals surface area contributed by atoms with Gasteiger partial charge in [-0.1, -0.05) is 29.9 Å². The maximum atomic E-state index is 9.84. The molecule has 2 N–H and O–H groups in total. The van der Waals surface area contributed by atoms with E-state index >= 15 is 0 Å². The zero-order valence-electron chi connectivity index (χ0n) is 11.1. The van der Waals surface area contributed by atoms with Crippen molar-refractivity contribution in [1.82, 2.24) is 0 Å². The summed E-state index contributed by atoms with van der Waals surface area (Å²) in [6.45, 7) is 9.58. The van der Waals surface area contributed by atoms with E-state index in [0.717, 1.165) is 19.3 Å². The molecule has 1 aliphatic rings. The van der Waals surface area contributed by atoms with E-state index in [1.54, 1.807) is 13.0 Å². The highest BCUT2D eigenvalue weighted by molar-refractivity contribution is 5.16. The molecule has 0 radical (unpaired) electrons. The van der Waals surface area contributed by atoms with Gasteiger partial charge >= 0.3 is 0 Å². The highest BCUT2D eigenvalue weighted by Gasteiger charge is 2.18. The first-order chi connectivity index (χ1) is 7.91. The van der Waals surface area contributed by atoms with E-state index in [-0.39, 0.29) is 0 Å². The van der Waals surface area contributed by atoms with E-state index in [0.29, 0.717) is 11.5 Å². The second-order valence-corrected chi connectivity index (χ2v) is 5.21. The van der Waals surface area contributed by atoms with E-state index in [1.807, 2.05) is 6.92 Å². The summed E-state index contributed by atoms with van der Waals surface area (Å²) in [6, 6.07) is 0. The lowest BCUT2D eigenvalue weighted by molar-refractivity contribution is 0.0726. The van der Waals surface area contributed by atoms with E-state index < -0.39 is 12.2 Å². The van der Waals surface area contributed by atoms with Gasteiger partial charge in [-0.05, 0) is 51.5 Å². The normalized spacial score (nSPS) is 25.1. The molecule has 96 valence electrons. The Morgan fingerprint density at radius 1 is 1.47 bits per heavy atom. The maximum Gasteiger partial charge on any atom is 0.104 e. The van der Waals surface area contributed by atoms with E-state index in [2.05, 4.69) is 19.6 Å². The lowest BCUT2D eigenvalue weighted by Crippen LogP contribution is -2.25. The summed E-state index contributed by atoms with van der Waals surface area (Å²) in [6.07, 6.45) is 5.68. The number of allylic oxidation sites excluding steroid dienone is 3. The van der Waals surface area contributed by atoms with Crippen LogP contribution in [0.2, 0.25) is 0 Å². The molecule has 1 rings (SSSR count). The zero-order chi connectivity index (χ0) is 13.0. The lowest BCUT2D eigenvalue weighted by Gasteiger charge is -2.23.